The summed E-state index contributed by atoms with van der Waals surface area (Å²) in [5.74, 6) is -0.612. The summed E-state index contributed by atoms with van der Waals surface area (Å²) in [6, 6.07) is 9.09. The lowest BCUT2D eigenvalue weighted by atomic mass is 10.0. The number of cyclic esters (lactones) is 1. The summed E-state index contributed by atoms with van der Waals surface area (Å²) in [4.78, 5) is 22.3. The van der Waals surface area contributed by atoms with E-state index in [0.29, 0.717) is 5.57 Å². The van der Waals surface area contributed by atoms with Gasteiger partial charge in [0, 0.05) is 11.6 Å². The molecule has 0 fully saturated rings. The van der Waals surface area contributed by atoms with Crippen LogP contribution in [-0.4, -0.2) is 18.4 Å². The number of ether oxygens (including phenoxy) is 1. The van der Waals surface area contributed by atoms with Gasteiger partial charge in [0.2, 0.25) is 5.78 Å². The molecule has 0 bridgehead atoms. The fourth-order valence-electron chi connectivity index (χ4n) is 1.32. The zero-order valence-electron chi connectivity index (χ0n) is 7.40. The van der Waals surface area contributed by atoms with E-state index >= 15 is 0 Å². The molecule has 1 heterocycles. The second kappa shape index (κ2) is 3.46. The first-order valence-electron chi connectivity index (χ1n) is 4.24. The first-order chi connectivity index (χ1) is 6.77. The molecule has 0 N–H and O–H groups in total. The number of hydrogen-bond donors (Lipinski definition) is 0. The molecular formula is C11H8O3. The highest BCUT2D eigenvalue weighted by molar-refractivity contribution is 6.26. The normalized spacial score (nSPS) is 16.1. The second-order valence-electron chi connectivity index (χ2n) is 2.95. The van der Waals surface area contributed by atoms with Crippen LogP contribution in [0.15, 0.2) is 36.4 Å². The van der Waals surface area contributed by atoms with E-state index in [9.17, 15) is 9.59 Å². The van der Waals surface area contributed by atoms with Gasteiger partial charge in [0.15, 0.2) is 6.61 Å². The van der Waals surface area contributed by atoms with E-state index in [0.717, 1.165) is 5.56 Å². The number of carbonyl (C=O) groups excluding carboxylic acids is 2. The Hall–Kier alpha value is -1.90. The van der Waals surface area contributed by atoms with Crippen LogP contribution >= 0.6 is 0 Å². The van der Waals surface area contributed by atoms with Gasteiger partial charge < -0.3 is 4.74 Å². The van der Waals surface area contributed by atoms with Gasteiger partial charge in [-0.05, 0) is 5.56 Å². The molecule has 0 radical (unpaired) electrons. The SMILES string of the molecule is O=C1C=C(c2ccccc2)C(=O)CO1. The summed E-state index contributed by atoms with van der Waals surface area (Å²) >= 11 is 0. The molecule has 3 nitrogen and oxygen atoms in total. The van der Waals surface area contributed by atoms with Gasteiger partial charge in [0.05, 0.1) is 0 Å². The summed E-state index contributed by atoms with van der Waals surface area (Å²) in [6.45, 7) is -0.153. The zero-order chi connectivity index (χ0) is 9.97. The molecule has 0 saturated heterocycles. The van der Waals surface area contributed by atoms with Crippen molar-refractivity contribution in [1.29, 1.82) is 0 Å². The Morgan fingerprint density at radius 2 is 1.79 bits per heavy atom. The van der Waals surface area contributed by atoms with Gasteiger partial charge in [-0.3, -0.25) is 4.79 Å². The van der Waals surface area contributed by atoms with E-state index in [2.05, 4.69) is 4.74 Å². The van der Waals surface area contributed by atoms with Gasteiger partial charge in [-0.1, -0.05) is 30.3 Å². The van der Waals surface area contributed by atoms with Crippen LogP contribution in [0.3, 0.4) is 0 Å². The summed E-state index contributed by atoms with van der Waals surface area (Å²) in [7, 11) is 0. The van der Waals surface area contributed by atoms with Crippen LogP contribution < -0.4 is 0 Å². The zero-order valence-corrected chi connectivity index (χ0v) is 7.40. The molecule has 70 valence electrons. The molecule has 0 amide bonds. The minimum absolute atomic E-state index is 0.153. The van der Waals surface area contributed by atoms with Crippen LogP contribution in [0.5, 0.6) is 0 Å². The number of hydrogen-bond acceptors (Lipinski definition) is 3. The fraction of sp³-hybridized carbons (Fsp3) is 0.0909. The largest absolute Gasteiger partial charge is 0.454 e. The summed E-state index contributed by atoms with van der Waals surface area (Å²) in [5, 5.41) is 0. The minimum atomic E-state index is -0.455. The summed E-state index contributed by atoms with van der Waals surface area (Å²) in [6.07, 6.45) is 1.24. The summed E-state index contributed by atoms with van der Waals surface area (Å²) in [5.41, 5.74) is 1.19. The van der Waals surface area contributed by atoms with Crippen molar-refractivity contribution in [3.05, 3.63) is 42.0 Å². The van der Waals surface area contributed by atoms with Crippen LogP contribution in [0.4, 0.5) is 0 Å². The first kappa shape index (κ1) is 8.69. The van der Waals surface area contributed by atoms with Crippen LogP contribution in [0.1, 0.15) is 5.56 Å². The van der Waals surface area contributed by atoms with Crippen molar-refractivity contribution in [3.8, 4) is 0 Å². The van der Waals surface area contributed by atoms with Gasteiger partial charge in [0.1, 0.15) is 0 Å². The van der Waals surface area contributed by atoms with Crippen molar-refractivity contribution in [2.45, 2.75) is 0 Å². The van der Waals surface area contributed by atoms with Crippen molar-refractivity contribution in [1.82, 2.24) is 0 Å². The third kappa shape index (κ3) is 1.57. The predicted molar refractivity (Wildman–Crippen MR) is 50.4 cm³/mol. The molecule has 1 aromatic carbocycles. The number of ketones is 1. The van der Waals surface area contributed by atoms with E-state index < -0.39 is 5.97 Å². The molecule has 0 aliphatic carbocycles. The van der Waals surface area contributed by atoms with Crippen LogP contribution in [0.25, 0.3) is 5.57 Å². The Morgan fingerprint density at radius 1 is 1.07 bits per heavy atom. The lowest BCUT2D eigenvalue weighted by Crippen LogP contribution is -2.20. The number of Topliss-reactive ketones (excluding diaryl/α,β-unsaturated/α-hetero) is 1. The Balaban J connectivity index is 2.43. The molecule has 0 saturated carbocycles. The highest BCUT2D eigenvalue weighted by Crippen LogP contribution is 2.18. The van der Waals surface area contributed by atoms with Crippen molar-refractivity contribution in [2.75, 3.05) is 6.61 Å². The van der Waals surface area contributed by atoms with E-state index in [1.165, 1.54) is 6.08 Å². The van der Waals surface area contributed by atoms with E-state index in [1.54, 1.807) is 12.1 Å². The summed E-state index contributed by atoms with van der Waals surface area (Å²) < 4.78 is 4.58. The van der Waals surface area contributed by atoms with Gasteiger partial charge in [-0.2, -0.15) is 0 Å². The van der Waals surface area contributed by atoms with Gasteiger partial charge in [-0.15, -0.1) is 0 Å². The van der Waals surface area contributed by atoms with Gasteiger partial charge in [0.25, 0.3) is 0 Å². The highest BCUT2D eigenvalue weighted by atomic mass is 16.5. The Bertz CT molecular complexity index is 404. The molecule has 3 heteroatoms. The maximum Gasteiger partial charge on any atom is 0.331 e. The monoisotopic (exact) mass is 188 g/mol. The third-order valence-corrected chi connectivity index (χ3v) is 1.99. The van der Waals surface area contributed by atoms with Crippen LogP contribution in [0, 0.1) is 0 Å². The van der Waals surface area contributed by atoms with Crippen LogP contribution in [-0.2, 0) is 14.3 Å². The molecule has 0 atom stereocenters. The molecule has 0 aromatic heterocycles. The molecule has 0 spiro atoms. The van der Waals surface area contributed by atoms with Crippen molar-refractivity contribution in [2.24, 2.45) is 0 Å². The number of benzene rings is 1. The molecule has 1 aromatic rings. The maximum atomic E-state index is 11.4. The number of esters is 1. The quantitative estimate of drug-likeness (QED) is 0.622. The van der Waals surface area contributed by atoms with E-state index in [4.69, 9.17) is 0 Å². The Labute approximate surface area is 81.0 Å². The Morgan fingerprint density at radius 3 is 2.50 bits per heavy atom. The average Bonchev–Trinajstić information content (AvgIpc) is 2.23. The third-order valence-electron chi connectivity index (χ3n) is 1.99. The molecule has 1 aliphatic heterocycles. The fourth-order valence-corrected chi connectivity index (χ4v) is 1.32. The smallest absolute Gasteiger partial charge is 0.331 e. The van der Waals surface area contributed by atoms with E-state index in [1.807, 2.05) is 18.2 Å². The molecule has 0 unspecified atom stereocenters. The van der Waals surface area contributed by atoms with Gasteiger partial charge in [-0.25, -0.2) is 4.79 Å². The van der Waals surface area contributed by atoms with Crippen molar-refractivity contribution in [3.63, 3.8) is 0 Å². The second-order valence-corrected chi connectivity index (χ2v) is 2.95. The molecule has 2 rings (SSSR count). The molecular weight excluding hydrogens is 180 g/mol. The van der Waals surface area contributed by atoms with Crippen LogP contribution in [0.2, 0.25) is 0 Å². The van der Waals surface area contributed by atoms with E-state index in [-0.39, 0.29) is 12.4 Å². The lowest BCUT2D eigenvalue weighted by molar-refractivity contribution is -0.142. The number of rotatable bonds is 1. The first-order valence-corrected chi connectivity index (χ1v) is 4.24. The predicted octanol–water partition coefficient (Wildman–Crippen LogP) is 1.20. The standard InChI is InChI=1S/C11H8O3/c12-10-7-14-11(13)6-9(10)8-4-2-1-3-5-8/h1-6H,7H2. The molecule has 14 heavy (non-hydrogen) atoms. The minimum Gasteiger partial charge on any atom is -0.454 e. The molecule has 1 aliphatic rings. The van der Waals surface area contributed by atoms with Gasteiger partial charge >= 0.3 is 5.97 Å². The van der Waals surface area contributed by atoms with Crippen molar-refractivity contribution < 1.29 is 14.3 Å². The van der Waals surface area contributed by atoms with Crippen molar-refractivity contribution >= 4 is 17.3 Å². The number of carbonyl (C=O) groups is 2. The average molecular weight is 188 g/mol. The Kier molecular flexibility index (Phi) is 2.14. The highest BCUT2D eigenvalue weighted by Gasteiger charge is 2.20. The lowest BCUT2D eigenvalue weighted by Gasteiger charge is -2.11. The maximum absolute atomic E-state index is 11.4. The topological polar surface area (TPSA) is 43.4 Å².